The maximum Gasteiger partial charge on any atom is 0.271 e. The van der Waals surface area contributed by atoms with Gasteiger partial charge < -0.3 is 10.2 Å². The zero-order chi connectivity index (χ0) is 17.5. The number of nitrogens with one attached hydrogen (secondary N) is 1. The van der Waals surface area contributed by atoms with Crippen LogP contribution >= 0.6 is 23.2 Å². The third-order valence-corrected chi connectivity index (χ3v) is 3.62. The van der Waals surface area contributed by atoms with Crippen LogP contribution < -0.4 is 5.32 Å². The first-order valence-corrected chi connectivity index (χ1v) is 7.36. The van der Waals surface area contributed by atoms with Gasteiger partial charge >= 0.3 is 0 Å². The predicted octanol–water partition coefficient (Wildman–Crippen LogP) is 3.89. The summed E-state index contributed by atoms with van der Waals surface area (Å²) in [6.45, 7) is -0.364. The second kappa shape index (κ2) is 8.28. The van der Waals surface area contributed by atoms with Crippen molar-refractivity contribution >= 4 is 46.7 Å². The van der Waals surface area contributed by atoms with Crippen molar-refractivity contribution in [2.24, 2.45) is 5.16 Å². The van der Waals surface area contributed by atoms with Crippen LogP contribution in [-0.2, 0) is 9.63 Å². The highest BCUT2D eigenvalue weighted by Crippen LogP contribution is 2.24. The number of hydrogen-bond acceptors (Lipinski definition) is 5. The fourth-order valence-corrected chi connectivity index (χ4v) is 2.06. The molecule has 0 saturated carbocycles. The van der Waals surface area contributed by atoms with E-state index in [-0.39, 0.29) is 12.3 Å². The fraction of sp³-hybridized carbons (Fsp3) is 0.0667. The number of carbonyl (C=O) groups excluding carboxylic acids is 1. The first-order chi connectivity index (χ1) is 11.5. The normalized spacial score (nSPS) is 10.6. The van der Waals surface area contributed by atoms with Gasteiger partial charge in [-0.15, -0.1) is 0 Å². The summed E-state index contributed by atoms with van der Waals surface area (Å²) in [4.78, 5) is 26.7. The van der Waals surface area contributed by atoms with E-state index in [9.17, 15) is 14.9 Å². The Bertz CT molecular complexity index is 796. The van der Waals surface area contributed by atoms with Gasteiger partial charge in [0.2, 0.25) is 0 Å². The second-order valence-electron chi connectivity index (χ2n) is 4.51. The summed E-state index contributed by atoms with van der Waals surface area (Å²) in [5.74, 6) is -0.509. The highest BCUT2D eigenvalue weighted by molar-refractivity contribution is 6.43. The molecule has 0 spiro atoms. The minimum Gasteiger partial charge on any atom is -0.386 e. The number of halogens is 2. The largest absolute Gasteiger partial charge is 0.386 e. The molecule has 0 fully saturated rings. The molecule has 0 bridgehead atoms. The number of nitrogens with zero attached hydrogens (tertiary/aromatic N) is 2. The number of benzene rings is 2. The molecule has 0 aliphatic carbocycles. The van der Waals surface area contributed by atoms with Crippen molar-refractivity contribution in [1.82, 2.24) is 0 Å². The molecule has 1 amide bonds. The average molecular weight is 368 g/mol. The van der Waals surface area contributed by atoms with Gasteiger partial charge in [0.05, 0.1) is 21.2 Å². The number of hydrogen-bond donors (Lipinski definition) is 1. The summed E-state index contributed by atoms with van der Waals surface area (Å²) in [5.41, 5.74) is 0.713. The van der Waals surface area contributed by atoms with E-state index in [0.29, 0.717) is 21.3 Å². The van der Waals surface area contributed by atoms with Gasteiger partial charge in [-0.1, -0.05) is 46.6 Å². The molecule has 1 N–H and O–H groups in total. The van der Waals surface area contributed by atoms with E-state index >= 15 is 0 Å². The van der Waals surface area contributed by atoms with Crippen molar-refractivity contribution in [1.29, 1.82) is 0 Å². The van der Waals surface area contributed by atoms with Crippen LogP contribution in [0.5, 0.6) is 0 Å². The Balaban J connectivity index is 1.87. The Kier molecular flexibility index (Phi) is 6.11. The molecular weight excluding hydrogens is 357 g/mol. The number of anilines is 1. The van der Waals surface area contributed by atoms with Gasteiger partial charge in [0.25, 0.3) is 11.6 Å². The predicted molar refractivity (Wildman–Crippen MR) is 91.7 cm³/mol. The number of nitro benzene ring substituents is 1. The number of rotatable bonds is 6. The molecule has 0 aromatic heterocycles. The van der Waals surface area contributed by atoms with Crippen molar-refractivity contribution < 1.29 is 14.6 Å². The summed E-state index contributed by atoms with van der Waals surface area (Å²) in [6.07, 6.45) is 1.33. The Morgan fingerprint density at radius 3 is 2.79 bits per heavy atom. The van der Waals surface area contributed by atoms with E-state index in [0.717, 1.165) is 0 Å². The van der Waals surface area contributed by atoms with Gasteiger partial charge in [-0.05, 0) is 12.1 Å². The number of oxime groups is 1. The molecule has 0 unspecified atom stereocenters. The monoisotopic (exact) mass is 367 g/mol. The Morgan fingerprint density at radius 2 is 2.04 bits per heavy atom. The average Bonchev–Trinajstić information content (AvgIpc) is 2.55. The summed E-state index contributed by atoms with van der Waals surface area (Å²) >= 11 is 11.8. The van der Waals surface area contributed by atoms with E-state index in [4.69, 9.17) is 28.0 Å². The summed E-state index contributed by atoms with van der Waals surface area (Å²) in [6, 6.07) is 10.6. The van der Waals surface area contributed by atoms with Crippen molar-refractivity contribution in [3.05, 3.63) is 68.2 Å². The first-order valence-electron chi connectivity index (χ1n) is 6.61. The minimum atomic E-state index is -0.550. The van der Waals surface area contributed by atoms with E-state index in [2.05, 4.69) is 10.5 Å². The van der Waals surface area contributed by atoms with Crippen LogP contribution in [0.25, 0.3) is 0 Å². The lowest BCUT2D eigenvalue weighted by molar-refractivity contribution is -0.384. The van der Waals surface area contributed by atoms with Crippen LogP contribution in [-0.4, -0.2) is 23.7 Å². The molecule has 2 rings (SSSR count). The molecule has 0 aliphatic heterocycles. The van der Waals surface area contributed by atoms with E-state index in [1.54, 1.807) is 18.2 Å². The molecule has 0 heterocycles. The van der Waals surface area contributed by atoms with Gasteiger partial charge in [0.15, 0.2) is 6.61 Å². The van der Waals surface area contributed by atoms with Crippen LogP contribution in [0.15, 0.2) is 47.6 Å². The van der Waals surface area contributed by atoms with Crippen LogP contribution in [0.3, 0.4) is 0 Å². The maximum absolute atomic E-state index is 11.7. The topological polar surface area (TPSA) is 93.8 Å². The number of nitro groups is 1. The Labute approximate surface area is 147 Å². The molecule has 7 nitrogen and oxygen atoms in total. The molecule has 2 aromatic rings. The van der Waals surface area contributed by atoms with Gasteiger partial charge in [-0.2, -0.15) is 0 Å². The molecule has 0 aliphatic rings. The number of carbonyl (C=O) groups is 1. The highest BCUT2D eigenvalue weighted by Gasteiger charge is 2.08. The second-order valence-corrected chi connectivity index (χ2v) is 5.29. The van der Waals surface area contributed by atoms with Crippen molar-refractivity contribution in [2.45, 2.75) is 0 Å². The van der Waals surface area contributed by atoms with E-state index < -0.39 is 10.8 Å². The van der Waals surface area contributed by atoms with Crippen LogP contribution in [0, 0.1) is 10.1 Å². The van der Waals surface area contributed by atoms with Gasteiger partial charge in [0, 0.05) is 23.4 Å². The van der Waals surface area contributed by atoms with Gasteiger partial charge in [-0.25, -0.2) is 0 Å². The zero-order valence-corrected chi connectivity index (χ0v) is 13.6. The standard InChI is InChI=1S/C15H11Cl2N3O4/c16-13-6-1-3-10(15(13)17)8-18-24-9-14(21)19-11-4-2-5-12(7-11)20(22)23/h1-8H,9H2,(H,19,21)/b18-8-. The lowest BCUT2D eigenvalue weighted by atomic mass is 10.2. The molecule has 2 aromatic carbocycles. The molecular formula is C15H11Cl2N3O4. The van der Waals surface area contributed by atoms with Gasteiger partial charge in [0.1, 0.15) is 0 Å². The smallest absolute Gasteiger partial charge is 0.271 e. The molecule has 9 heteroatoms. The summed E-state index contributed by atoms with van der Waals surface area (Å²) < 4.78 is 0. The third-order valence-electron chi connectivity index (χ3n) is 2.78. The first kappa shape index (κ1) is 17.7. The van der Waals surface area contributed by atoms with Crippen LogP contribution in [0.2, 0.25) is 10.0 Å². The third kappa shape index (κ3) is 4.94. The Hall–Kier alpha value is -2.64. The van der Waals surface area contributed by atoms with E-state index in [1.165, 1.54) is 30.5 Å². The van der Waals surface area contributed by atoms with Crippen LogP contribution in [0.4, 0.5) is 11.4 Å². The van der Waals surface area contributed by atoms with E-state index in [1.807, 2.05) is 0 Å². The number of non-ortho nitro benzene ring substituents is 1. The zero-order valence-electron chi connectivity index (χ0n) is 12.1. The lowest BCUT2D eigenvalue weighted by Gasteiger charge is -2.04. The molecule has 0 saturated heterocycles. The highest BCUT2D eigenvalue weighted by atomic mass is 35.5. The van der Waals surface area contributed by atoms with Crippen LogP contribution in [0.1, 0.15) is 5.56 Å². The summed E-state index contributed by atoms with van der Waals surface area (Å²) in [5, 5.41) is 17.5. The van der Waals surface area contributed by atoms with Gasteiger partial charge in [-0.3, -0.25) is 14.9 Å². The minimum absolute atomic E-state index is 0.123. The SMILES string of the molecule is O=C(CO/N=C\c1cccc(Cl)c1Cl)Nc1cccc([N+](=O)[O-])c1. The molecule has 24 heavy (non-hydrogen) atoms. The molecule has 0 radical (unpaired) electrons. The Morgan fingerprint density at radius 1 is 1.29 bits per heavy atom. The fourth-order valence-electron chi connectivity index (χ4n) is 1.70. The lowest BCUT2D eigenvalue weighted by Crippen LogP contribution is -2.17. The quantitative estimate of drug-likeness (QED) is 0.476. The molecule has 0 atom stereocenters. The summed E-state index contributed by atoms with van der Waals surface area (Å²) in [7, 11) is 0. The maximum atomic E-state index is 11.7. The van der Waals surface area contributed by atoms with Crippen molar-refractivity contribution in [2.75, 3.05) is 11.9 Å². The van der Waals surface area contributed by atoms with Crippen molar-refractivity contribution in [3.8, 4) is 0 Å². The van der Waals surface area contributed by atoms with Crippen molar-refractivity contribution in [3.63, 3.8) is 0 Å². The number of amides is 1. The molecule has 124 valence electrons.